The number of hydrogen-bond acceptors (Lipinski definition) is 2. The minimum atomic E-state index is 0.565. The lowest BCUT2D eigenvalue weighted by Crippen LogP contribution is -2.38. The number of guanidine groups is 1. The van der Waals surface area contributed by atoms with Crippen LogP contribution in [0, 0.1) is 18.3 Å². The van der Waals surface area contributed by atoms with Gasteiger partial charge in [0.15, 0.2) is 5.96 Å². The maximum Gasteiger partial charge on any atom is 0.191 e. The fraction of sp³-hybridized carbons (Fsp3) is 0.619. The molecule has 2 aromatic rings. The predicted molar refractivity (Wildman–Crippen MR) is 107 cm³/mol. The Morgan fingerprint density at radius 2 is 2.08 bits per heavy atom. The highest BCUT2D eigenvalue weighted by Crippen LogP contribution is 2.61. The highest BCUT2D eigenvalue weighted by atomic mass is 15.2. The zero-order chi connectivity index (χ0) is 18.0. The molecule has 5 heteroatoms. The molecule has 0 saturated heterocycles. The van der Waals surface area contributed by atoms with Crippen molar-refractivity contribution in [2.45, 2.75) is 52.5 Å². The number of rotatable bonds is 8. The molecule has 0 amide bonds. The summed E-state index contributed by atoms with van der Waals surface area (Å²) in [4.78, 5) is 9.53. The van der Waals surface area contributed by atoms with Crippen LogP contribution in [-0.2, 0) is 6.54 Å². The first-order chi connectivity index (χ1) is 12.7. The van der Waals surface area contributed by atoms with Gasteiger partial charge in [0, 0.05) is 26.2 Å². The summed E-state index contributed by atoms with van der Waals surface area (Å²) in [7, 11) is 0. The Morgan fingerprint density at radius 3 is 2.81 bits per heavy atom. The third-order valence-electron chi connectivity index (χ3n) is 5.93. The molecule has 140 valence electrons. The Kier molecular flexibility index (Phi) is 4.88. The second kappa shape index (κ2) is 7.29. The van der Waals surface area contributed by atoms with Gasteiger partial charge in [-0.25, -0.2) is 4.98 Å². The lowest BCUT2D eigenvalue weighted by Gasteiger charge is -2.15. The molecule has 2 aliphatic rings. The van der Waals surface area contributed by atoms with Crippen LogP contribution >= 0.6 is 0 Å². The van der Waals surface area contributed by atoms with E-state index < -0.39 is 0 Å². The van der Waals surface area contributed by atoms with Crippen molar-refractivity contribution in [3.63, 3.8) is 0 Å². The summed E-state index contributed by atoms with van der Waals surface area (Å²) >= 11 is 0. The van der Waals surface area contributed by atoms with Crippen LogP contribution in [0.1, 0.15) is 44.9 Å². The summed E-state index contributed by atoms with van der Waals surface area (Å²) in [6.07, 6.45) is 6.68. The Hall–Kier alpha value is -2.04. The molecule has 5 nitrogen and oxygen atoms in total. The molecule has 0 atom stereocenters. The van der Waals surface area contributed by atoms with E-state index in [-0.39, 0.29) is 0 Å². The van der Waals surface area contributed by atoms with Gasteiger partial charge in [-0.15, -0.1) is 0 Å². The number of benzene rings is 1. The Labute approximate surface area is 156 Å². The quantitative estimate of drug-likeness (QED) is 0.434. The van der Waals surface area contributed by atoms with E-state index >= 15 is 0 Å². The lowest BCUT2D eigenvalue weighted by atomic mass is 10.0. The molecule has 1 aromatic heterocycles. The SMILES string of the molecule is CCNC(=NCC1(C2CC2)CC1)NCCCn1c(C)nc2ccccc21. The van der Waals surface area contributed by atoms with Crippen molar-refractivity contribution in [3.8, 4) is 0 Å². The maximum atomic E-state index is 4.89. The highest BCUT2D eigenvalue weighted by Gasteiger charge is 2.53. The van der Waals surface area contributed by atoms with Crippen molar-refractivity contribution in [1.29, 1.82) is 0 Å². The van der Waals surface area contributed by atoms with Gasteiger partial charge in [0.05, 0.1) is 11.0 Å². The van der Waals surface area contributed by atoms with E-state index in [4.69, 9.17) is 4.99 Å². The molecular formula is C21H31N5. The second-order valence-electron chi connectivity index (χ2n) is 7.91. The summed E-state index contributed by atoms with van der Waals surface area (Å²) in [6, 6.07) is 8.37. The van der Waals surface area contributed by atoms with Crippen molar-refractivity contribution in [2.75, 3.05) is 19.6 Å². The number of hydrogen-bond donors (Lipinski definition) is 2. The molecule has 2 aliphatic carbocycles. The number of aliphatic imine (C=N–C) groups is 1. The number of nitrogens with one attached hydrogen (secondary N) is 2. The molecule has 0 spiro atoms. The minimum absolute atomic E-state index is 0.565. The first kappa shape index (κ1) is 17.4. The number of imidazole rings is 1. The molecule has 1 aromatic carbocycles. The number of para-hydroxylation sites is 2. The van der Waals surface area contributed by atoms with E-state index in [1.807, 2.05) is 6.07 Å². The van der Waals surface area contributed by atoms with Gasteiger partial charge < -0.3 is 15.2 Å². The van der Waals surface area contributed by atoms with Crippen molar-refractivity contribution in [1.82, 2.24) is 20.2 Å². The average Bonchev–Trinajstić information content (AvgIpc) is 3.54. The fourth-order valence-electron chi connectivity index (χ4n) is 4.05. The van der Waals surface area contributed by atoms with Gasteiger partial charge in [-0.05, 0) is 69.4 Å². The second-order valence-corrected chi connectivity index (χ2v) is 7.91. The van der Waals surface area contributed by atoms with Gasteiger partial charge in [0.1, 0.15) is 5.82 Å². The zero-order valence-corrected chi connectivity index (χ0v) is 16.1. The van der Waals surface area contributed by atoms with Crippen LogP contribution in [0.15, 0.2) is 29.3 Å². The van der Waals surface area contributed by atoms with Crippen LogP contribution in [0.5, 0.6) is 0 Å². The van der Waals surface area contributed by atoms with E-state index in [0.717, 1.165) is 55.8 Å². The Bertz CT molecular complexity index is 783. The predicted octanol–water partition coefficient (Wildman–Crippen LogP) is 3.48. The zero-order valence-electron chi connectivity index (χ0n) is 16.1. The van der Waals surface area contributed by atoms with E-state index in [2.05, 4.69) is 52.2 Å². The Morgan fingerprint density at radius 1 is 1.27 bits per heavy atom. The summed E-state index contributed by atoms with van der Waals surface area (Å²) in [6.45, 7) is 8.03. The van der Waals surface area contributed by atoms with Crippen LogP contribution in [0.3, 0.4) is 0 Å². The topological polar surface area (TPSA) is 54.2 Å². The van der Waals surface area contributed by atoms with Crippen LogP contribution in [0.2, 0.25) is 0 Å². The number of nitrogens with zero attached hydrogens (tertiary/aromatic N) is 3. The third-order valence-corrected chi connectivity index (χ3v) is 5.93. The summed E-state index contributed by atoms with van der Waals surface area (Å²) in [5.41, 5.74) is 2.88. The highest BCUT2D eigenvalue weighted by molar-refractivity contribution is 5.79. The van der Waals surface area contributed by atoms with Gasteiger partial charge in [0.2, 0.25) is 0 Å². The third kappa shape index (κ3) is 3.71. The molecule has 26 heavy (non-hydrogen) atoms. The van der Waals surface area contributed by atoms with Crippen LogP contribution in [0.25, 0.3) is 11.0 Å². The van der Waals surface area contributed by atoms with Crippen molar-refractivity contribution >= 4 is 17.0 Å². The standard InChI is InChI=1S/C21H31N5/c1-3-22-20(24-15-21(11-12-21)17-9-10-17)23-13-6-14-26-16(2)25-18-7-4-5-8-19(18)26/h4-5,7-8,17H,3,6,9-15H2,1-2H3,(H2,22,23,24). The van der Waals surface area contributed by atoms with E-state index in [9.17, 15) is 0 Å². The maximum absolute atomic E-state index is 4.89. The van der Waals surface area contributed by atoms with E-state index in [0.29, 0.717) is 5.41 Å². The first-order valence-electron chi connectivity index (χ1n) is 10.2. The summed E-state index contributed by atoms with van der Waals surface area (Å²) < 4.78 is 2.31. The van der Waals surface area contributed by atoms with E-state index in [1.54, 1.807) is 0 Å². The molecule has 0 aliphatic heterocycles. The minimum Gasteiger partial charge on any atom is -0.357 e. The van der Waals surface area contributed by atoms with Crippen LogP contribution in [-0.4, -0.2) is 35.1 Å². The summed E-state index contributed by atoms with van der Waals surface area (Å²) in [5.74, 6) is 3.03. The molecule has 0 bridgehead atoms. The normalized spacial score (nSPS) is 18.9. The number of fused-ring (bicyclic) bond motifs is 1. The van der Waals surface area contributed by atoms with Crippen molar-refractivity contribution in [2.24, 2.45) is 16.3 Å². The molecule has 1 heterocycles. The molecule has 2 N–H and O–H groups in total. The van der Waals surface area contributed by atoms with Crippen LogP contribution < -0.4 is 10.6 Å². The molecule has 2 fully saturated rings. The summed E-state index contributed by atoms with van der Waals surface area (Å²) in [5, 5.41) is 6.91. The Balaban J connectivity index is 1.30. The van der Waals surface area contributed by atoms with Crippen LogP contribution in [0.4, 0.5) is 0 Å². The number of aryl methyl sites for hydroxylation is 2. The van der Waals surface area contributed by atoms with Gasteiger partial charge in [0.25, 0.3) is 0 Å². The largest absolute Gasteiger partial charge is 0.357 e. The van der Waals surface area contributed by atoms with Crippen molar-refractivity contribution < 1.29 is 0 Å². The van der Waals surface area contributed by atoms with Gasteiger partial charge in [-0.2, -0.15) is 0 Å². The molecule has 4 rings (SSSR count). The molecule has 0 unspecified atom stereocenters. The molecule has 0 radical (unpaired) electrons. The van der Waals surface area contributed by atoms with Gasteiger partial charge in [-0.1, -0.05) is 12.1 Å². The van der Waals surface area contributed by atoms with E-state index in [1.165, 1.54) is 31.2 Å². The van der Waals surface area contributed by atoms with Crippen molar-refractivity contribution in [3.05, 3.63) is 30.1 Å². The first-order valence-corrected chi connectivity index (χ1v) is 10.2. The smallest absolute Gasteiger partial charge is 0.191 e. The number of aromatic nitrogens is 2. The van der Waals surface area contributed by atoms with Gasteiger partial charge >= 0.3 is 0 Å². The molecular weight excluding hydrogens is 322 g/mol. The van der Waals surface area contributed by atoms with Gasteiger partial charge in [-0.3, -0.25) is 4.99 Å². The fourth-order valence-corrected chi connectivity index (χ4v) is 4.05. The monoisotopic (exact) mass is 353 g/mol. The lowest BCUT2D eigenvalue weighted by molar-refractivity contribution is 0.452. The average molecular weight is 354 g/mol. The molecule has 2 saturated carbocycles.